The molecule has 0 aromatic heterocycles. The summed E-state index contributed by atoms with van der Waals surface area (Å²) in [6, 6.07) is 7.02. The Morgan fingerprint density at radius 3 is 2.12 bits per heavy atom. The maximum absolute atomic E-state index is 13.2. The van der Waals surface area contributed by atoms with Crippen LogP contribution in [0.3, 0.4) is 0 Å². The summed E-state index contributed by atoms with van der Waals surface area (Å²) in [5.74, 6) is -4.57. The SMILES string of the molecule is CCOC(=O)C1(C(=O)OCC)OC2c3ccccc3C=CN2C(C(=O)OC)=C1C(=O)OC. The van der Waals surface area contributed by atoms with Gasteiger partial charge >= 0.3 is 23.9 Å². The third-order valence-corrected chi connectivity index (χ3v) is 4.96. The van der Waals surface area contributed by atoms with Crippen molar-refractivity contribution in [3.05, 3.63) is 52.9 Å². The molecule has 10 nitrogen and oxygen atoms in total. The lowest BCUT2D eigenvalue weighted by atomic mass is 9.87. The first kappa shape index (κ1) is 23.0. The van der Waals surface area contributed by atoms with E-state index < -0.39 is 47.0 Å². The molecule has 0 spiro atoms. The second kappa shape index (κ2) is 9.23. The molecule has 10 heteroatoms. The van der Waals surface area contributed by atoms with Crippen LogP contribution < -0.4 is 0 Å². The molecule has 1 aromatic rings. The Hall–Kier alpha value is -3.66. The molecule has 1 atom stereocenters. The van der Waals surface area contributed by atoms with Gasteiger partial charge in [-0.15, -0.1) is 0 Å². The number of rotatable bonds is 6. The van der Waals surface area contributed by atoms with Crippen LogP contribution in [0.5, 0.6) is 0 Å². The number of esters is 4. The van der Waals surface area contributed by atoms with Gasteiger partial charge in [0, 0.05) is 11.8 Å². The van der Waals surface area contributed by atoms with Crippen LogP contribution in [-0.4, -0.2) is 61.8 Å². The molecule has 1 aromatic carbocycles. The van der Waals surface area contributed by atoms with Crippen LogP contribution in [0.1, 0.15) is 31.2 Å². The van der Waals surface area contributed by atoms with Gasteiger partial charge in [-0.3, -0.25) is 0 Å². The summed E-state index contributed by atoms with van der Waals surface area (Å²) in [5, 5.41) is 0. The molecule has 2 aliphatic rings. The summed E-state index contributed by atoms with van der Waals surface area (Å²) in [6.07, 6.45) is 2.03. The highest BCUT2D eigenvalue weighted by atomic mass is 16.6. The number of hydrogen-bond donors (Lipinski definition) is 0. The van der Waals surface area contributed by atoms with Gasteiger partial charge in [-0.2, -0.15) is 0 Å². The van der Waals surface area contributed by atoms with Crippen LogP contribution in [0.2, 0.25) is 0 Å². The van der Waals surface area contributed by atoms with E-state index in [1.807, 2.05) is 0 Å². The van der Waals surface area contributed by atoms with Crippen LogP contribution in [0, 0.1) is 0 Å². The first-order chi connectivity index (χ1) is 15.4. The van der Waals surface area contributed by atoms with Crippen molar-refractivity contribution < 1.29 is 42.9 Å². The second-order valence-corrected chi connectivity index (χ2v) is 6.65. The molecule has 0 saturated carbocycles. The van der Waals surface area contributed by atoms with Crippen LogP contribution in [-0.2, 0) is 42.9 Å². The van der Waals surface area contributed by atoms with Crippen molar-refractivity contribution in [1.82, 2.24) is 4.90 Å². The summed E-state index contributed by atoms with van der Waals surface area (Å²) in [7, 11) is 2.14. The van der Waals surface area contributed by atoms with Crippen molar-refractivity contribution in [3.8, 4) is 0 Å². The molecule has 0 aliphatic carbocycles. The van der Waals surface area contributed by atoms with E-state index >= 15 is 0 Å². The van der Waals surface area contributed by atoms with Gasteiger partial charge in [0.05, 0.1) is 27.4 Å². The maximum atomic E-state index is 13.2. The molecule has 1 unspecified atom stereocenters. The van der Waals surface area contributed by atoms with E-state index in [4.69, 9.17) is 23.7 Å². The molecule has 0 fully saturated rings. The van der Waals surface area contributed by atoms with Crippen LogP contribution in [0.25, 0.3) is 6.08 Å². The van der Waals surface area contributed by atoms with Gasteiger partial charge in [-0.1, -0.05) is 24.3 Å². The third kappa shape index (κ3) is 3.52. The molecule has 0 amide bonds. The zero-order valence-corrected chi connectivity index (χ0v) is 18.1. The Morgan fingerprint density at radius 1 is 0.969 bits per heavy atom. The van der Waals surface area contributed by atoms with Crippen molar-refractivity contribution in [2.24, 2.45) is 0 Å². The number of benzene rings is 1. The number of nitrogens with zero attached hydrogens (tertiary/aromatic N) is 1. The summed E-state index contributed by atoms with van der Waals surface area (Å²) in [6.45, 7) is 2.78. The zero-order chi connectivity index (χ0) is 23.5. The number of fused-ring (bicyclic) bond motifs is 3. The summed E-state index contributed by atoms with van der Waals surface area (Å²) >= 11 is 0. The lowest BCUT2D eigenvalue weighted by molar-refractivity contribution is -0.208. The molecule has 0 bridgehead atoms. The van der Waals surface area contributed by atoms with Gasteiger partial charge < -0.3 is 28.6 Å². The smallest absolute Gasteiger partial charge is 0.355 e. The second-order valence-electron chi connectivity index (χ2n) is 6.65. The number of ether oxygens (including phenoxy) is 5. The number of hydrogen-bond acceptors (Lipinski definition) is 10. The van der Waals surface area contributed by atoms with Crippen molar-refractivity contribution >= 4 is 30.0 Å². The zero-order valence-electron chi connectivity index (χ0n) is 18.1. The highest BCUT2D eigenvalue weighted by molar-refractivity contribution is 6.18. The van der Waals surface area contributed by atoms with E-state index in [-0.39, 0.29) is 13.2 Å². The minimum absolute atomic E-state index is 0.129. The largest absolute Gasteiger partial charge is 0.465 e. The molecule has 2 aliphatic heterocycles. The van der Waals surface area contributed by atoms with Gasteiger partial charge in [-0.25, -0.2) is 19.2 Å². The quantitative estimate of drug-likeness (QED) is 0.362. The van der Waals surface area contributed by atoms with Gasteiger partial charge in [0.2, 0.25) is 0 Å². The van der Waals surface area contributed by atoms with Crippen molar-refractivity contribution in [2.45, 2.75) is 25.7 Å². The monoisotopic (exact) mass is 445 g/mol. The highest BCUT2D eigenvalue weighted by Gasteiger charge is 2.64. The van der Waals surface area contributed by atoms with Gasteiger partial charge in [0.1, 0.15) is 11.3 Å². The lowest BCUT2D eigenvalue weighted by Gasteiger charge is -2.45. The Labute approximate surface area is 184 Å². The molecule has 2 heterocycles. The Bertz CT molecular complexity index is 992. The predicted octanol–water partition coefficient (Wildman–Crippen LogP) is 1.47. The Balaban J connectivity index is 2.41. The standard InChI is InChI=1S/C22H23NO9/c1-5-30-20(26)22(21(27)31-6-2)15(18(24)28-3)16(19(25)29-4)23-12-11-13-9-7-8-10-14(13)17(23)32-22/h7-12,17H,5-6H2,1-4H3. The number of methoxy groups -OCH3 is 2. The average molecular weight is 445 g/mol. The minimum atomic E-state index is -2.72. The number of carbonyl (C=O) groups is 4. The van der Waals surface area contributed by atoms with Gasteiger partial charge in [0.25, 0.3) is 5.60 Å². The molecular weight excluding hydrogens is 422 g/mol. The van der Waals surface area contributed by atoms with E-state index in [1.54, 1.807) is 30.3 Å². The molecule has 170 valence electrons. The third-order valence-electron chi connectivity index (χ3n) is 4.96. The van der Waals surface area contributed by atoms with Crippen molar-refractivity contribution in [2.75, 3.05) is 27.4 Å². The van der Waals surface area contributed by atoms with Gasteiger partial charge in [-0.05, 0) is 25.5 Å². The van der Waals surface area contributed by atoms with Crippen molar-refractivity contribution in [1.29, 1.82) is 0 Å². The van der Waals surface area contributed by atoms with E-state index in [2.05, 4.69) is 0 Å². The van der Waals surface area contributed by atoms with E-state index in [9.17, 15) is 19.2 Å². The molecular formula is C22H23NO9. The van der Waals surface area contributed by atoms with Gasteiger partial charge in [0.15, 0.2) is 6.23 Å². The average Bonchev–Trinajstić information content (AvgIpc) is 2.81. The first-order valence-corrected chi connectivity index (χ1v) is 9.86. The van der Waals surface area contributed by atoms with Crippen LogP contribution >= 0.6 is 0 Å². The molecule has 3 rings (SSSR count). The van der Waals surface area contributed by atoms with Crippen LogP contribution in [0.4, 0.5) is 0 Å². The summed E-state index contributed by atoms with van der Waals surface area (Å²) in [4.78, 5) is 53.6. The van der Waals surface area contributed by atoms with E-state index in [0.717, 1.165) is 19.8 Å². The topological polar surface area (TPSA) is 118 Å². The Kier molecular flexibility index (Phi) is 6.64. The molecule has 32 heavy (non-hydrogen) atoms. The fourth-order valence-electron chi connectivity index (χ4n) is 3.61. The molecule has 0 radical (unpaired) electrons. The first-order valence-electron chi connectivity index (χ1n) is 9.86. The fourth-order valence-corrected chi connectivity index (χ4v) is 3.61. The normalized spacial score (nSPS) is 18.2. The summed E-state index contributed by atoms with van der Waals surface area (Å²) in [5.41, 5.74) is -2.55. The molecule has 0 saturated heterocycles. The van der Waals surface area contributed by atoms with Crippen molar-refractivity contribution in [3.63, 3.8) is 0 Å². The minimum Gasteiger partial charge on any atom is -0.465 e. The number of carbonyl (C=O) groups excluding carboxylic acids is 4. The highest BCUT2D eigenvalue weighted by Crippen LogP contribution is 2.46. The predicted molar refractivity (Wildman–Crippen MR) is 108 cm³/mol. The van der Waals surface area contributed by atoms with Crippen LogP contribution in [0.15, 0.2) is 41.7 Å². The lowest BCUT2D eigenvalue weighted by Crippen LogP contribution is -2.60. The maximum Gasteiger partial charge on any atom is 0.355 e. The summed E-state index contributed by atoms with van der Waals surface area (Å²) < 4.78 is 26.0. The molecule has 0 N–H and O–H groups in total. The Morgan fingerprint density at radius 2 is 1.56 bits per heavy atom. The van der Waals surface area contributed by atoms with E-state index in [1.165, 1.54) is 24.9 Å². The van der Waals surface area contributed by atoms with E-state index in [0.29, 0.717) is 5.56 Å². The fraction of sp³-hybridized carbons (Fsp3) is 0.364.